The highest BCUT2D eigenvalue weighted by Crippen LogP contribution is 2.25. The quantitative estimate of drug-likeness (QED) is 0.854. The predicted molar refractivity (Wildman–Crippen MR) is 74.4 cm³/mol. The van der Waals surface area contributed by atoms with Gasteiger partial charge >= 0.3 is 0 Å². The van der Waals surface area contributed by atoms with Gasteiger partial charge in [-0.2, -0.15) is 4.98 Å². The maximum atomic E-state index is 6.10. The van der Waals surface area contributed by atoms with E-state index in [9.17, 15) is 0 Å². The smallest absolute Gasteiger partial charge is 0.226 e. The molecule has 18 heavy (non-hydrogen) atoms. The molecule has 4 nitrogen and oxygen atoms in total. The maximum Gasteiger partial charge on any atom is 0.226 e. The number of rotatable bonds is 3. The lowest BCUT2D eigenvalue weighted by Crippen LogP contribution is -2.21. The summed E-state index contributed by atoms with van der Waals surface area (Å²) >= 11 is 6.10. The lowest BCUT2D eigenvalue weighted by molar-refractivity contribution is 0.743. The monoisotopic (exact) mass is 266 g/mol. The second-order valence-electron chi connectivity index (χ2n) is 5.19. The molecule has 2 aliphatic rings. The van der Waals surface area contributed by atoms with Crippen molar-refractivity contribution in [3.05, 3.63) is 11.2 Å². The van der Waals surface area contributed by atoms with E-state index in [4.69, 9.17) is 11.6 Å². The van der Waals surface area contributed by atoms with Crippen LogP contribution in [0.4, 0.5) is 11.8 Å². The molecule has 2 fully saturated rings. The van der Waals surface area contributed by atoms with Gasteiger partial charge in [-0.25, -0.2) is 4.98 Å². The number of aromatic nitrogens is 2. The first-order chi connectivity index (χ1) is 8.81. The minimum Gasteiger partial charge on any atom is -0.356 e. The van der Waals surface area contributed by atoms with Crippen LogP contribution in [0.1, 0.15) is 38.5 Å². The molecule has 1 aliphatic carbocycles. The minimum absolute atomic E-state index is 0.523. The number of hydrogen-bond acceptors (Lipinski definition) is 4. The largest absolute Gasteiger partial charge is 0.356 e. The molecule has 0 amide bonds. The number of halogens is 1. The zero-order valence-corrected chi connectivity index (χ0v) is 11.3. The Kier molecular flexibility index (Phi) is 3.55. The summed E-state index contributed by atoms with van der Waals surface area (Å²) < 4.78 is 0. The molecule has 0 radical (unpaired) electrons. The Balaban J connectivity index is 1.76. The molecule has 1 N–H and O–H groups in total. The summed E-state index contributed by atoms with van der Waals surface area (Å²) in [5, 5.41) is 3.95. The lowest BCUT2D eigenvalue weighted by Gasteiger charge is -2.18. The van der Waals surface area contributed by atoms with Crippen molar-refractivity contribution in [3.63, 3.8) is 0 Å². The van der Waals surface area contributed by atoms with Gasteiger partial charge < -0.3 is 10.2 Å². The van der Waals surface area contributed by atoms with Crippen LogP contribution >= 0.6 is 11.6 Å². The molecular formula is C13H19ClN4. The van der Waals surface area contributed by atoms with Gasteiger partial charge in [-0.15, -0.1) is 0 Å². The molecule has 98 valence electrons. The zero-order valence-electron chi connectivity index (χ0n) is 10.5. The van der Waals surface area contributed by atoms with Gasteiger partial charge in [-0.1, -0.05) is 24.4 Å². The zero-order chi connectivity index (χ0) is 12.4. The van der Waals surface area contributed by atoms with E-state index < -0.39 is 0 Å². The second-order valence-corrected chi connectivity index (χ2v) is 5.58. The fraction of sp³-hybridized carbons (Fsp3) is 0.692. The number of anilines is 2. The van der Waals surface area contributed by atoms with Crippen LogP contribution in [0.25, 0.3) is 0 Å². The summed E-state index contributed by atoms with van der Waals surface area (Å²) in [6.45, 7) is 2.16. The molecule has 1 aromatic rings. The average molecular weight is 267 g/mol. The van der Waals surface area contributed by atoms with Crippen molar-refractivity contribution < 1.29 is 0 Å². The van der Waals surface area contributed by atoms with E-state index >= 15 is 0 Å². The Morgan fingerprint density at radius 2 is 1.83 bits per heavy atom. The SMILES string of the molecule is Clc1cc(N2CCCC2)nc(NC2CCCC2)n1. The fourth-order valence-corrected chi connectivity index (χ4v) is 3.01. The highest BCUT2D eigenvalue weighted by molar-refractivity contribution is 6.29. The molecule has 1 saturated heterocycles. The van der Waals surface area contributed by atoms with Crippen molar-refractivity contribution >= 4 is 23.4 Å². The van der Waals surface area contributed by atoms with Crippen LogP contribution in [0.3, 0.4) is 0 Å². The third kappa shape index (κ3) is 2.69. The van der Waals surface area contributed by atoms with Crippen LogP contribution < -0.4 is 10.2 Å². The first-order valence-corrected chi connectivity index (χ1v) is 7.25. The summed E-state index contributed by atoms with van der Waals surface area (Å²) in [6.07, 6.45) is 7.53. The Hall–Kier alpha value is -1.03. The molecule has 0 aromatic carbocycles. The van der Waals surface area contributed by atoms with Crippen molar-refractivity contribution in [3.8, 4) is 0 Å². The molecule has 5 heteroatoms. The number of nitrogens with one attached hydrogen (secondary N) is 1. The minimum atomic E-state index is 0.523. The Morgan fingerprint density at radius 3 is 2.56 bits per heavy atom. The molecule has 0 spiro atoms. The van der Waals surface area contributed by atoms with Crippen LogP contribution in [0.5, 0.6) is 0 Å². The van der Waals surface area contributed by atoms with E-state index in [1.54, 1.807) is 0 Å². The molecule has 0 bridgehead atoms. The van der Waals surface area contributed by atoms with Crippen molar-refractivity contribution in [1.82, 2.24) is 9.97 Å². The van der Waals surface area contributed by atoms with E-state index in [2.05, 4.69) is 20.2 Å². The molecular weight excluding hydrogens is 248 g/mol. The molecule has 2 heterocycles. The summed E-state index contributed by atoms with van der Waals surface area (Å²) in [6, 6.07) is 2.39. The molecule has 1 aliphatic heterocycles. The summed E-state index contributed by atoms with van der Waals surface area (Å²) in [4.78, 5) is 11.2. The van der Waals surface area contributed by atoms with Crippen LogP contribution in [0, 0.1) is 0 Å². The normalized spacial score (nSPS) is 20.6. The number of nitrogens with zero attached hydrogens (tertiary/aromatic N) is 3. The second kappa shape index (κ2) is 5.31. The molecule has 3 rings (SSSR count). The third-order valence-corrected chi connectivity index (χ3v) is 3.99. The predicted octanol–water partition coefficient (Wildman–Crippen LogP) is 3.08. The van der Waals surface area contributed by atoms with Gasteiger partial charge in [0.2, 0.25) is 5.95 Å². The number of hydrogen-bond donors (Lipinski definition) is 1. The highest BCUT2D eigenvalue weighted by Gasteiger charge is 2.18. The van der Waals surface area contributed by atoms with Gasteiger partial charge in [0, 0.05) is 25.2 Å². The van der Waals surface area contributed by atoms with E-state index in [1.165, 1.54) is 38.5 Å². The van der Waals surface area contributed by atoms with Crippen LogP contribution in [0.2, 0.25) is 5.15 Å². The van der Waals surface area contributed by atoms with E-state index in [-0.39, 0.29) is 0 Å². The standard InChI is InChI=1S/C13H19ClN4/c14-11-9-12(18-7-3-4-8-18)17-13(16-11)15-10-5-1-2-6-10/h9-10H,1-8H2,(H,15,16,17). The van der Waals surface area contributed by atoms with Crippen molar-refractivity contribution in [2.75, 3.05) is 23.3 Å². The van der Waals surface area contributed by atoms with Crippen molar-refractivity contribution in [2.45, 2.75) is 44.6 Å². The van der Waals surface area contributed by atoms with Crippen LogP contribution in [-0.4, -0.2) is 29.1 Å². The third-order valence-electron chi connectivity index (χ3n) is 3.80. The Labute approximate surface area is 113 Å². The van der Waals surface area contributed by atoms with Crippen molar-refractivity contribution in [1.29, 1.82) is 0 Å². The van der Waals surface area contributed by atoms with E-state index in [0.29, 0.717) is 17.1 Å². The first kappa shape index (κ1) is 12.0. The molecule has 0 unspecified atom stereocenters. The molecule has 1 saturated carbocycles. The van der Waals surface area contributed by atoms with Crippen LogP contribution in [0.15, 0.2) is 6.07 Å². The lowest BCUT2D eigenvalue weighted by atomic mass is 10.2. The van der Waals surface area contributed by atoms with E-state index in [0.717, 1.165) is 18.9 Å². The molecule has 0 atom stereocenters. The summed E-state index contributed by atoms with van der Waals surface area (Å²) in [7, 11) is 0. The highest BCUT2D eigenvalue weighted by atomic mass is 35.5. The topological polar surface area (TPSA) is 41.1 Å². The van der Waals surface area contributed by atoms with Gasteiger partial charge in [0.25, 0.3) is 0 Å². The molecule has 1 aromatic heterocycles. The Morgan fingerprint density at radius 1 is 1.11 bits per heavy atom. The average Bonchev–Trinajstić information content (AvgIpc) is 3.00. The van der Waals surface area contributed by atoms with Gasteiger partial charge in [0.15, 0.2) is 0 Å². The maximum absolute atomic E-state index is 6.10. The van der Waals surface area contributed by atoms with Gasteiger partial charge in [0.1, 0.15) is 11.0 Å². The Bertz CT molecular complexity index is 411. The summed E-state index contributed by atoms with van der Waals surface area (Å²) in [5.74, 6) is 1.66. The van der Waals surface area contributed by atoms with Gasteiger partial charge in [-0.05, 0) is 25.7 Å². The summed E-state index contributed by atoms with van der Waals surface area (Å²) in [5.41, 5.74) is 0. The van der Waals surface area contributed by atoms with Crippen molar-refractivity contribution in [2.24, 2.45) is 0 Å². The van der Waals surface area contributed by atoms with Crippen LogP contribution in [-0.2, 0) is 0 Å². The first-order valence-electron chi connectivity index (χ1n) is 6.87. The van der Waals surface area contributed by atoms with E-state index in [1.807, 2.05) is 6.07 Å². The fourth-order valence-electron chi connectivity index (χ4n) is 2.83. The van der Waals surface area contributed by atoms with Gasteiger partial charge in [0.05, 0.1) is 0 Å². The van der Waals surface area contributed by atoms with Gasteiger partial charge in [-0.3, -0.25) is 0 Å².